The Hall–Kier alpha value is -2.97. The van der Waals surface area contributed by atoms with Gasteiger partial charge in [0, 0.05) is 44.1 Å². The maximum atomic E-state index is 13.0. The Morgan fingerprint density at radius 2 is 1.82 bits per heavy atom. The summed E-state index contributed by atoms with van der Waals surface area (Å²) in [5.41, 5.74) is 1.20. The Morgan fingerprint density at radius 3 is 2.56 bits per heavy atom. The number of imide groups is 1. The molecule has 1 atom stereocenters. The first-order chi connectivity index (χ1) is 16.5. The molecule has 34 heavy (non-hydrogen) atoms. The average Bonchev–Trinajstić information content (AvgIpc) is 3.46. The molecule has 1 aromatic rings. The monoisotopic (exact) mass is 467 g/mol. The molecule has 4 heterocycles. The number of pyridine rings is 1. The first kappa shape index (κ1) is 22.8. The number of amides is 4. The van der Waals surface area contributed by atoms with Crippen LogP contribution < -0.4 is 15.5 Å². The van der Waals surface area contributed by atoms with Gasteiger partial charge < -0.3 is 15.1 Å². The molecule has 3 aliphatic heterocycles. The zero-order valence-corrected chi connectivity index (χ0v) is 19.6. The molecule has 1 aromatic heterocycles. The van der Waals surface area contributed by atoms with E-state index in [2.05, 4.69) is 20.5 Å². The van der Waals surface area contributed by atoms with Crippen molar-refractivity contribution >= 4 is 29.4 Å². The highest BCUT2D eigenvalue weighted by molar-refractivity contribution is 6.04. The van der Waals surface area contributed by atoms with Crippen LogP contribution in [-0.4, -0.2) is 58.7 Å². The highest BCUT2D eigenvalue weighted by atomic mass is 16.2. The van der Waals surface area contributed by atoms with E-state index in [1.165, 1.54) is 30.6 Å². The van der Waals surface area contributed by atoms with Crippen LogP contribution in [0.5, 0.6) is 0 Å². The Balaban J connectivity index is 1.14. The standard InChI is InChI=1S/C25H33N5O4/c31-21(9-5-16-3-1-2-4-16)26-18-11-13-29(14-12-18)20-8-6-17-15-30(25(34)23(17)27-20)19-7-10-22(32)28-24(19)33/h6,8,16,18-19H,1-5,7,9-15H2,(H,26,31)(H,28,32,33). The van der Waals surface area contributed by atoms with Crippen LogP contribution in [0.15, 0.2) is 12.1 Å². The zero-order chi connectivity index (χ0) is 23.7. The van der Waals surface area contributed by atoms with E-state index >= 15 is 0 Å². The van der Waals surface area contributed by atoms with Crippen molar-refractivity contribution in [3.05, 3.63) is 23.4 Å². The summed E-state index contributed by atoms with van der Waals surface area (Å²) >= 11 is 0. The van der Waals surface area contributed by atoms with Crippen molar-refractivity contribution in [2.24, 2.45) is 5.92 Å². The van der Waals surface area contributed by atoms with Crippen LogP contribution in [0.4, 0.5) is 5.82 Å². The molecule has 3 fully saturated rings. The Bertz CT molecular complexity index is 982. The van der Waals surface area contributed by atoms with Crippen molar-refractivity contribution in [2.75, 3.05) is 18.0 Å². The van der Waals surface area contributed by atoms with Crippen LogP contribution >= 0.6 is 0 Å². The quantitative estimate of drug-likeness (QED) is 0.618. The highest BCUT2D eigenvalue weighted by Crippen LogP contribution is 2.30. The molecule has 4 aliphatic rings. The number of hydrogen-bond acceptors (Lipinski definition) is 6. The van der Waals surface area contributed by atoms with Gasteiger partial charge in [-0.3, -0.25) is 24.5 Å². The summed E-state index contributed by atoms with van der Waals surface area (Å²) in [6, 6.07) is 3.40. The molecule has 5 rings (SSSR count). The molecule has 182 valence electrons. The van der Waals surface area contributed by atoms with E-state index in [0.29, 0.717) is 25.1 Å². The van der Waals surface area contributed by atoms with Crippen LogP contribution in [0.1, 0.15) is 80.3 Å². The Morgan fingerprint density at radius 1 is 1.06 bits per heavy atom. The molecular weight excluding hydrogens is 434 g/mol. The number of piperidine rings is 2. The lowest BCUT2D eigenvalue weighted by atomic mass is 10.0. The van der Waals surface area contributed by atoms with Gasteiger partial charge in [0.1, 0.15) is 17.6 Å². The predicted molar refractivity (Wildman–Crippen MR) is 125 cm³/mol. The molecule has 9 heteroatoms. The van der Waals surface area contributed by atoms with Crippen LogP contribution in [0.25, 0.3) is 0 Å². The van der Waals surface area contributed by atoms with Gasteiger partial charge in [-0.15, -0.1) is 0 Å². The minimum atomic E-state index is -0.629. The molecule has 1 unspecified atom stereocenters. The number of carbonyl (C=O) groups excluding carboxylic acids is 4. The lowest BCUT2D eigenvalue weighted by Gasteiger charge is -2.33. The van der Waals surface area contributed by atoms with E-state index in [1.807, 2.05) is 12.1 Å². The number of nitrogens with zero attached hydrogens (tertiary/aromatic N) is 3. The lowest BCUT2D eigenvalue weighted by molar-refractivity contribution is -0.137. The minimum absolute atomic E-state index is 0.167. The molecule has 0 spiro atoms. The van der Waals surface area contributed by atoms with Crippen molar-refractivity contribution in [2.45, 2.75) is 82.8 Å². The zero-order valence-electron chi connectivity index (χ0n) is 19.6. The van der Waals surface area contributed by atoms with E-state index < -0.39 is 11.9 Å². The summed E-state index contributed by atoms with van der Waals surface area (Å²) in [5, 5.41) is 5.53. The number of anilines is 1. The second kappa shape index (κ2) is 9.72. The number of fused-ring (bicyclic) bond motifs is 1. The van der Waals surface area contributed by atoms with Gasteiger partial charge in [0.25, 0.3) is 5.91 Å². The summed E-state index contributed by atoms with van der Waals surface area (Å²) in [4.78, 5) is 57.4. The lowest BCUT2D eigenvalue weighted by Crippen LogP contribution is -2.52. The van der Waals surface area contributed by atoms with Gasteiger partial charge in [0.2, 0.25) is 17.7 Å². The molecule has 1 aliphatic carbocycles. The second-order valence-electron chi connectivity index (χ2n) is 10.1. The summed E-state index contributed by atoms with van der Waals surface area (Å²) in [6.45, 7) is 1.87. The van der Waals surface area contributed by atoms with Crippen molar-refractivity contribution < 1.29 is 19.2 Å². The highest BCUT2D eigenvalue weighted by Gasteiger charge is 2.40. The maximum absolute atomic E-state index is 13.0. The first-order valence-corrected chi connectivity index (χ1v) is 12.7. The molecule has 2 N–H and O–H groups in total. The molecule has 1 saturated carbocycles. The minimum Gasteiger partial charge on any atom is -0.356 e. The Labute approximate surface area is 199 Å². The van der Waals surface area contributed by atoms with Gasteiger partial charge in [-0.25, -0.2) is 4.98 Å². The summed E-state index contributed by atoms with van der Waals surface area (Å²) in [7, 11) is 0. The second-order valence-corrected chi connectivity index (χ2v) is 10.1. The normalized spacial score (nSPS) is 23.9. The third kappa shape index (κ3) is 4.79. The van der Waals surface area contributed by atoms with Crippen LogP contribution in [0, 0.1) is 5.92 Å². The van der Waals surface area contributed by atoms with Gasteiger partial charge in [0.05, 0.1) is 0 Å². The van der Waals surface area contributed by atoms with Crippen molar-refractivity contribution in [3.8, 4) is 0 Å². The van der Waals surface area contributed by atoms with Crippen molar-refractivity contribution in [3.63, 3.8) is 0 Å². The fraction of sp³-hybridized carbons (Fsp3) is 0.640. The number of nitrogens with one attached hydrogen (secondary N) is 2. The summed E-state index contributed by atoms with van der Waals surface area (Å²) < 4.78 is 0. The number of hydrogen-bond donors (Lipinski definition) is 2. The van der Waals surface area contributed by atoms with E-state index in [1.54, 1.807) is 0 Å². The SMILES string of the molecule is O=C1CCC(N2Cc3ccc(N4CCC(NC(=O)CCC5CCCC5)CC4)nc3C2=O)C(=O)N1. The largest absolute Gasteiger partial charge is 0.356 e. The maximum Gasteiger partial charge on any atom is 0.273 e. The molecule has 0 bridgehead atoms. The first-order valence-electron chi connectivity index (χ1n) is 12.7. The number of carbonyl (C=O) groups is 4. The van der Waals surface area contributed by atoms with Crippen molar-refractivity contribution in [1.82, 2.24) is 20.5 Å². The number of rotatable bonds is 6. The summed E-state index contributed by atoms with van der Waals surface area (Å²) in [5.74, 6) is 0.690. The average molecular weight is 468 g/mol. The van der Waals surface area contributed by atoms with Gasteiger partial charge in [-0.05, 0) is 37.7 Å². The Kier molecular flexibility index (Phi) is 6.52. The van der Waals surface area contributed by atoms with Crippen molar-refractivity contribution in [1.29, 1.82) is 0 Å². The molecule has 4 amide bonds. The molecule has 9 nitrogen and oxygen atoms in total. The van der Waals surface area contributed by atoms with Crippen LogP contribution in [0.2, 0.25) is 0 Å². The fourth-order valence-corrected chi connectivity index (χ4v) is 5.78. The topological polar surface area (TPSA) is 112 Å². The molecule has 0 aromatic carbocycles. The third-order valence-electron chi connectivity index (χ3n) is 7.79. The fourth-order valence-electron chi connectivity index (χ4n) is 5.78. The third-order valence-corrected chi connectivity index (χ3v) is 7.79. The van der Waals surface area contributed by atoms with E-state index in [4.69, 9.17) is 0 Å². The van der Waals surface area contributed by atoms with E-state index in [-0.39, 0.29) is 30.2 Å². The van der Waals surface area contributed by atoms with E-state index in [9.17, 15) is 19.2 Å². The van der Waals surface area contributed by atoms with Gasteiger partial charge in [-0.1, -0.05) is 31.7 Å². The van der Waals surface area contributed by atoms with Crippen LogP contribution in [-0.2, 0) is 20.9 Å². The van der Waals surface area contributed by atoms with Gasteiger partial charge in [0.15, 0.2) is 0 Å². The van der Waals surface area contributed by atoms with E-state index in [0.717, 1.165) is 49.7 Å². The molecule has 0 radical (unpaired) electrons. The predicted octanol–water partition coefficient (Wildman–Crippen LogP) is 1.90. The van der Waals surface area contributed by atoms with Crippen LogP contribution in [0.3, 0.4) is 0 Å². The molecule has 2 saturated heterocycles. The number of aromatic nitrogens is 1. The van der Waals surface area contributed by atoms with Gasteiger partial charge in [-0.2, -0.15) is 0 Å². The molecular formula is C25H33N5O4. The summed E-state index contributed by atoms with van der Waals surface area (Å²) in [6.07, 6.45) is 9.08. The van der Waals surface area contributed by atoms with Gasteiger partial charge >= 0.3 is 0 Å². The smallest absolute Gasteiger partial charge is 0.273 e.